The predicted molar refractivity (Wildman–Crippen MR) is 58.3 cm³/mol. The minimum atomic E-state index is 0.868. The van der Waals surface area contributed by atoms with Crippen molar-refractivity contribution >= 4 is 5.69 Å². The lowest BCUT2D eigenvalue weighted by atomic mass is 10.0. The molecule has 3 heteroatoms. The summed E-state index contributed by atoms with van der Waals surface area (Å²) in [5, 5.41) is 10.2. The van der Waals surface area contributed by atoms with Crippen LogP contribution in [0.5, 0.6) is 0 Å². The number of hydrogen-bond acceptors (Lipinski definition) is 2. The molecule has 14 heavy (non-hydrogen) atoms. The molecule has 1 saturated carbocycles. The number of nitrogens with one attached hydrogen (secondary N) is 2. The Morgan fingerprint density at radius 3 is 2.71 bits per heavy atom. The van der Waals surface area contributed by atoms with Crippen LogP contribution in [0.3, 0.4) is 0 Å². The van der Waals surface area contributed by atoms with Crippen molar-refractivity contribution in [2.24, 2.45) is 5.92 Å². The Kier molecular flexibility index (Phi) is 3.44. The summed E-state index contributed by atoms with van der Waals surface area (Å²) in [6.45, 7) is 1.11. The smallest absolute Gasteiger partial charge is 0.0723 e. The van der Waals surface area contributed by atoms with Gasteiger partial charge in [-0.05, 0) is 18.8 Å². The van der Waals surface area contributed by atoms with E-state index in [4.69, 9.17) is 0 Å². The van der Waals surface area contributed by atoms with Gasteiger partial charge in [-0.1, -0.05) is 25.7 Å². The Morgan fingerprint density at radius 1 is 1.29 bits per heavy atom. The van der Waals surface area contributed by atoms with Crippen LogP contribution >= 0.6 is 0 Å². The third-order valence-corrected chi connectivity index (χ3v) is 3.07. The first-order valence-corrected chi connectivity index (χ1v) is 5.68. The predicted octanol–water partition coefficient (Wildman–Crippen LogP) is 2.79. The minimum absolute atomic E-state index is 0.868. The molecule has 0 amide bonds. The Morgan fingerprint density at radius 2 is 2.07 bits per heavy atom. The molecular weight excluding hydrogens is 174 g/mol. The molecule has 1 aliphatic carbocycles. The second-order valence-electron chi connectivity index (χ2n) is 4.23. The minimum Gasteiger partial charge on any atom is -0.382 e. The molecule has 0 atom stereocenters. The molecule has 0 aromatic carbocycles. The van der Waals surface area contributed by atoms with Gasteiger partial charge in [-0.25, -0.2) is 0 Å². The first kappa shape index (κ1) is 9.56. The van der Waals surface area contributed by atoms with Gasteiger partial charge in [0.25, 0.3) is 0 Å². The maximum Gasteiger partial charge on any atom is 0.0723 e. The maximum absolute atomic E-state index is 3.92. The van der Waals surface area contributed by atoms with E-state index in [1.165, 1.54) is 38.5 Å². The molecule has 3 nitrogen and oxygen atoms in total. The second kappa shape index (κ2) is 5.03. The van der Waals surface area contributed by atoms with Crippen LogP contribution in [0.1, 0.15) is 38.5 Å². The summed E-state index contributed by atoms with van der Waals surface area (Å²) in [6.07, 6.45) is 12.2. The molecule has 0 bridgehead atoms. The van der Waals surface area contributed by atoms with Crippen molar-refractivity contribution < 1.29 is 0 Å². The van der Waals surface area contributed by atoms with Gasteiger partial charge in [0.05, 0.1) is 11.9 Å². The summed E-state index contributed by atoms with van der Waals surface area (Å²) < 4.78 is 0. The zero-order chi connectivity index (χ0) is 9.64. The van der Waals surface area contributed by atoms with Crippen molar-refractivity contribution in [3.05, 3.63) is 12.4 Å². The Balaban J connectivity index is 1.73. The highest BCUT2D eigenvalue weighted by Gasteiger charge is 2.11. The normalized spacial score (nSPS) is 19.1. The van der Waals surface area contributed by atoms with E-state index >= 15 is 0 Å². The molecule has 1 aromatic heterocycles. The number of aromatic amines is 1. The van der Waals surface area contributed by atoms with E-state index < -0.39 is 0 Å². The lowest BCUT2D eigenvalue weighted by Crippen LogP contribution is -2.13. The first-order chi connectivity index (χ1) is 6.95. The van der Waals surface area contributed by atoms with Crippen molar-refractivity contribution in [3.8, 4) is 0 Å². The van der Waals surface area contributed by atoms with E-state index in [2.05, 4.69) is 15.5 Å². The largest absolute Gasteiger partial charge is 0.382 e. The van der Waals surface area contributed by atoms with Gasteiger partial charge in [0.15, 0.2) is 0 Å². The summed E-state index contributed by atoms with van der Waals surface area (Å²) in [7, 11) is 0. The molecule has 0 unspecified atom stereocenters. The lowest BCUT2D eigenvalue weighted by Gasteiger charge is -2.14. The van der Waals surface area contributed by atoms with E-state index in [-0.39, 0.29) is 0 Å². The zero-order valence-electron chi connectivity index (χ0n) is 8.63. The summed E-state index contributed by atoms with van der Waals surface area (Å²) in [6, 6.07) is 0. The van der Waals surface area contributed by atoms with Gasteiger partial charge in [0.1, 0.15) is 0 Å². The molecule has 2 rings (SSSR count). The molecule has 0 radical (unpaired) electrons. The standard InChI is InChI=1S/C11H19N3/c1-2-4-6-10(5-3-1)7-12-11-8-13-14-9-11/h8-10,12H,1-7H2,(H,13,14). The van der Waals surface area contributed by atoms with Gasteiger partial charge in [0, 0.05) is 12.7 Å². The van der Waals surface area contributed by atoms with Crippen molar-refractivity contribution in [2.75, 3.05) is 11.9 Å². The summed E-state index contributed by atoms with van der Waals surface area (Å²) in [5.74, 6) is 0.868. The lowest BCUT2D eigenvalue weighted by molar-refractivity contribution is 0.483. The van der Waals surface area contributed by atoms with Gasteiger partial charge in [0.2, 0.25) is 0 Å². The van der Waals surface area contributed by atoms with Crippen molar-refractivity contribution in [3.63, 3.8) is 0 Å². The van der Waals surface area contributed by atoms with Crippen LogP contribution < -0.4 is 5.32 Å². The molecule has 0 aliphatic heterocycles. The average molecular weight is 193 g/mol. The molecule has 1 fully saturated rings. The highest BCUT2D eigenvalue weighted by Crippen LogP contribution is 2.22. The molecular formula is C11H19N3. The monoisotopic (exact) mass is 193 g/mol. The zero-order valence-corrected chi connectivity index (χ0v) is 8.63. The highest BCUT2D eigenvalue weighted by molar-refractivity contribution is 5.37. The number of rotatable bonds is 3. The van der Waals surface area contributed by atoms with Crippen LogP contribution in [0.15, 0.2) is 12.4 Å². The van der Waals surface area contributed by atoms with Gasteiger partial charge in [-0.3, -0.25) is 5.10 Å². The number of nitrogens with zero attached hydrogens (tertiary/aromatic N) is 1. The van der Waals surface area contributed by atoms with Crippen molar-refractivity contribution in [2.45, 2.75) is 38.5 Å². The SMILES string of the molecule is c1n[nH]cc1NCC1CCCCCC1. The number of aromatic nitrogens is 2. The topological polar surface area (TPSA) is 40.7 Å². The fourth-order valence-corrected chi connectivity index (χ4v) is 2.18. The van der Waals surface area contributed by atoms with Gasteiger partial charge in [-0.2, -0.15) is 5.10 Å². The molecule has 1 heterocycles. The molecule has 1 aromatic rings. The second-order valence-corrected chi connectivity index (χ2v) is 4.23. The van der Waals surface area contributed by atoms with Gasteiger partial charge >= 0.3 is 0 Å². The Bertz CT molecular complexity index is 235. The third-order valence-electron chi connectivity index (χ3n) is 3.07. The van der Waals surface area contributed by atoms with E-state index in [1.54, 1.807) is 0 Å². The summed E-state index contributed by atoms with van der Waals surface area (Å²) >= 11 is 0. The van der Waals surface area contributed by atoms with Gasteiger partial charge in [-0.15, -0.1) is 0 Å². The molecule has 0 saturated heterocycles. The number of anilines is 1. The van der Waals surface area contributed by atoms with Crippen LogP contribution in [-0.2, 0) is 0 Å². The molecule has 1 aliphatic rings. The highest BCUT2D eigenvalue weighted by atomic mass is 15.1. The molecule has 78 valence electrons. The fourth-order valence-electron chi connectivity index (χ4n) is 2.18. The maximum atomic E-state index is 3.92. The van der Waals surface area contributed by atoms with E-state index in [0.29, 0.717) is 0 Å². The Labute approximate surface area is 85.3 Å². The van der Waals surface area contributed by atoms with E-state index in [1.807, 2.05) is 12.4 Å². The third kappa shape index (κ3) is 2.76. The average Bonchev–Trinajstić information content (AvgIpc) is 2.58. The van der Waals surface area contributed by atoms with Crippen molar-refractivity contribution in [1.82, 2.24) is 10.2 Å². The van der Waals surface area contributed by atoms with Crippen molar-refractivity contribution in [1.29, 1.82) is 0 Å². The Hall–Kier alpha value is -0.990. The summed E-state index contributed by atoms with van der Waals surface area (Å²) in [5.41, 5.74) is 1.12. The fraction of sp³-hybridized carbons (Fsp3) is 0.727. The number of H-pyrrole nitrogens is 1. The van der Waals surface area contributed by atoms with Gasteiger partial charge < -0.3 is 5.32 Å². The van der Waals surface area contributed by atoms with E-state index in [0.717, 1.165) is 18.2 Å². The quantitative estimate of drug-likeness (QED) is 0.725. The van der Waals surface area contributed by atoms with E-state index in [9.17, 15) is 0 Å². The van der Waals surface area contributed by atoms with Crippen LogP contribution in [0.25, 0.3) is 0 Å². The first-order valence-electron chi connectivity index (χ1n) is 5.68. The molecule has 0 spiro atoms. The number of hydrogen-bond donors (Lipinski definition) is 2. The van der Waals surface area contributed by atoms with Crippen LogP contribution in [0, 0.1) is 5.92 Å². The summed E-state index contributed by atoms with van der Waals surface area (Å²) in [4.78, 5) is 0. The van der Waals surface area contributed by atoms with Crippen LogP contribution in [0.4, 0.5) is 5.69 Å². The van der Waals surface area contributed by atoms with Crippen LogP contribution in [0.2, 0.25) is 0 Å². The van der Waals surface area contributed by atoms with Crippen LogP contribution in [-0.4, -0.2) is 16.7 Å². The molecule has 2 N–H and O–H groups in total.